The lowest BCUT2D eigenvalue weighted by atomic mass is 10.1. The number of benzene rings is 1. The first-order valence-electron chi connectivity index (χ1n) is 7.78. The van der Waals surface area contributed by atoms with E-state index in [1.54, 1.807) is 18.3 Å². The monoisotopic (exact) mass is 311 g/mol. The van der Waals surface area contributed by atoms with Gasteiger partial charge in [-0.15, -0.1) is 0 Å². The molecule has 2 heterocycles. The van der Waals surface area contributed by atoms with E-state index >= 15 is 0 Å². The van der Waals surface area contributed by atoms with E-state index in [9.17, 15) is 4.79 Å². The van der Waals surface area contributed by atoms with Crippen molar-refractivity contribution >= 4 is 5.65 Å². The fourth-order valence-corrected chi connectivity index (χ4v) is 2.67. The molecule has 0 unspecified atom stereocenters. The maximum Gasteiger partial charge on any atom is 0.272 e. The van der Waals surface area contributed by atoms with Gasteiger partial charge in [-0.25, -0.2) is 9.50 Å². The Hall–Kier alpha value is -2.44. The molecule has 0 saturated heterocycles. The van der Waals surface area contributed by atoms with Crippen molar-refractivity contribution in [3.8, 4) is 0 Å². The molecule has 0 radical (unpaired) electrons. The number of fused-ring (bicyclic) bond motifs is 1. The van der Waals surface area contributed by atoms with Crippen molar-refractivity contribution in [2.24, 2.45) is 5.73 Å². The summed E-state index contributed by atoms with van der Waals surface area (Å²) in [6.07, 6.45) is 2.66. The minimum Gasteiger partial charge on any atom is -0.329 e. The van der Waals surface area contributed by atoms with Crippen LogP contribution in [-0.2, 0) is 13.0 Å². The zero-order chi connectivity index (χ0) is 16.1. The van der Waals surface area contributed by atoms with E-state index in [1.165, 1.54) is 10.1 Å². The third-order valence-electron chi connectivity index (χ3n) is 3.82. The number of nitrogens with two attached hydrogens (primary N) is 1. The van der Waals surface area contributed by atoms with E-state index in [4.69, 9.17) is 5.73 Å². The normalized spacial score (nSPS) is 11.4. The van der Waals surface area contributed by atoms with Gasteiger partial charge in [0.15, 0.2) is 5.65 Å². The van der Waals surface area contributed by atoms with Crippen LogP contribution in [0.3, 0.4) is 0 Å². The van der Waals surface area contributed by atoms with E-state index < -0.39 is 0 Å². The van der Waals surface area contributed by atoms with Crippen molar-refractivity contribution in [3.05, 3.63) is 70.3 Å². The van der Waals surface area contributed by atoms with Gasteiger partial charge in [0.05, 0.1) is 5.69 Å². The molecular weight excluding hydrogens is 290 g/mol. The summed E-state index contributed by atoms with van der Waals surface area (Å²) in [5.74, 6) is 0. The van der Waals surface area contributed by atoms with Gasteiger partial charge in [0, 0.05) is 44.5 Å². The number of rotatable bonds is 7. The van der Waals surface area contributed by atoms with E-state index in [2.05, 4.69) is 27.1 Å². The van der Waals surface area contributed by atoms with E-state index in [1.807, 2.05) is 18.2 Å². The molecule has 3 N–H and O–H groups in total. The molecule has 6 heteroatoms. The molecule has 3 aromatic rings. The van der Waals surface area contributed by atoms with Gasteiger partial charge in [0.2, 0.25) is 0 Å². The van der Waals surface area contributed by atoms with Gasteiger partial charge in [-0.3, -0.25) is 14.8 Å². The Balaban J connectivity index is 1.71. The highest BCUT2D eigenvalue weighted by atomic mass is 16.1. The lowest BCUT2D eigenvalue weighted by molar-refractivity contribution is 0.273. The van der Waals surface area contributed by atoms with Crippen LogP contribution in [0, 0.1) is 0 Å². The molecule has 0 atom stereocenters. The number of aromatic nitrogens is 3. The predicted octanol–water partition coefficient (Wildman–Crippen LogP) is 1.03. The highest BCUT2D eigenvalue weighted by molar-refractivity contribution is 5.36. The summed E-state index contributed by atoms with van der Waals surface area (Å²) in [5.41, 5.74) is 8.34. The number of nitrogens with zero attached hydrogens (tertiary/aromatic N) is 3. The molecule has 0 fully saturated rings. The second-order valence-corrected chi connectivity index (χ2v) is 5.54. The number of hydrogen-bond donors (Lipinski definition) is 2. The first kappa shape index (κ1) is 15.5. The van der Waals surface area contributed by atoms with E-state index in [-0.39, 0.29) is 5.56 Å². The molecule has 1 aromatic carbocycles. The smallest absolute Gasteiger partial charge is 0.272 e. The largest absolute Gasteiger partial charge is 0.329 e. The highest BCUT2D eigenvalue weighted by Gasteiger charge is 2.09. The average molecular weight is 311 g/mol. The Morgan fingerprint density at radius 2 is 2.00 bits per heavy atom. The summed E-state index contributed by atoms with van der Waals surface area (Å²) in [4.78, 5) is 18.8. The first-order chi connectivity index (χ1) is 11.3. The maximum absolute atomic E-state index is 12.0. The van der Waals surface area contributed by atoms with Gasteiger partial charge in [0.1, 0.15) is 0 Å². The molecule has 0 aliphatic heterocycles. The van der Waals surface area contributed by atoms with Crippen molar-refractivity contribution in [2.75, 3.05) is 19.6 Å². The number of nitrogens with one attached hydrogen (secondary N) is 1. The topological polar surface area (TPSA) is 79.4 Å². The predicted molar refractivity (Wildman–Crippen MR) is 90.3 cm³/mol. The van der Waals surface area contributed by atoms with Gasteiger partial charge >= 0.3 is 0 Å². The Labute approximate surface area is 134 Å². The Kier molecular flexibility index (Phi) is 4.85. The van der Waals surface area contributed by atoms with Crippen LogP contribution in [0.25, 0.3) is 5.65 Å². The second kappa shape index (κ2) is 7.21. The van der Waals surface area contributed by atoms with Crippen LogP contribution < -0.4 is 11.3 Å². The van der Waals surface area contributed by atoms with Crippen molar-refractivity contribution < 1.29 is 0 Å². The molecule has 3 rings (SSSR count). The maximum atomic E-state index is 12.0. The van der Waals surface area contributed by atoms with Gasteiger partial charge in [-0.05, 0) is 12.0 Å². The van der Waals surface area contributed by atoms with Crippen LogP contribution >= 0.6 is 0 Å². The molecule has 23 heavy (non-hydrogen) atoms. The first-order valence-corrected chi connectivity index (χ1v) is 7.78. The number of aromatic amines is 1. The third kappa shape index (κ3) is 3.85. The second-order valence-electron chi connectivity index (χ2n) is 5.54. The molecule has 120 valence electrons. The summed E-state index contributed by atoms with van der Waals surface area (Å²) < 4.78 is 1.43. The van der Waals surface area contributed by atoms with Crippen LogP contribution in [0.2, 0.25) is 0 Å². The molecular formula is C17H21N5O. The Morgan fingerprint density at radius 3 is 2.78 bits per heavy atom. The summed E-state index contributed by atoms with van der Waals surface area (Å²) in [6, 6.07) is 13.7. The molecule has 0 bridgehead atoms. The van der Waals surface area contributed by atoms with E-state index in [0.29, 0.717) is 18.7 Å². The zero-order valence-corrected chi connectivity index (χ0v) is 13.0. The van der Waals surface area contributed by atoms with Crippen molar-refractivity contribution in [1.82, 2.24) is 19.5 Å². The molecule has 0 amide bonds. The van der Waals surface area contributed by atoms with Crippen LogP contribution in [0.1, 0.15) is 11.3 Å². The summed E-state index contributed by atoms with van der Waals surface area (Å²) >= 11 is 0. The van der Waals surface area contributed by atoms with Crippen LogP contribution in [0.15, 0.2) is 53.5 Å². The Morgan fingerprint density at radius 1 is 1.17 bits per heavy atom. The van der Waals surface area contributed by atoms with Gasteiger partial charge < -0.3 is 5.73 Å². The lowest BCUT2D eigenvalue weighted by Crippen LogP contribution is -2.32. The molecule has 0 spiro atoms. The molecule has 2 aromatic heterocycles. The summed E-state index contributed by atoms with van der Waals surface area (Å²) in [5, 5.41) is 2.85. The standard InChI is InChI=1S/C17H21N5O/c18-8-11-21(10-7-14-4-2-1-3-5-14)13-15-12-17(23)22-16(20-15)6-9-19-22/h1-6,9,12,19H,7-8,10-11,13,18H2. The Bertz CT molecular complexity index is 808. The summed E-state index contributed by atoms with van der Waals surface area (Å²) in [7, 11) is 0. The number of H-pyrrole nitrogens is 1. The van der Waals surface area contributed by atoms with Crippen LogP contribution in [0.5, 0.6) is 0 Å². The van der Waals surface area contributed by atoms with Gasteiger partial charge in [-0.1, -0.05) is 30.3 Å². The average Bonchev–Trinajstić information content (AvgIpc) is 3.03. The number of hydrogen-bond acceptors (Lipinski definition) is 4. The third-order valence-corrected chi connectivity index (χ3v) is 3.82. The van der Waals surface area contributed by atoms with Crippen molar-refractivity contribution in [2.45, 2.75) is 13.0 Å². The lowest BCUT2D eigenvalue weighted by Gasteiger charge is -2.21. The fourth-order valence-electron chi connectivity index (χ4n) is 2.67. The van der Waals surface area contributed by atoms with E-state index in [0.717, 1.165) is 25.2 Å². The quantitative estimate of drug-likeness (QED) is 0.683. The molecule has 0 aliphatic carbocycles. The highest BCUT2D eigenvalue weighted by Crippen LogP contribution is 2.05. The fraction of sp³-hybridized carbons (Fsp3) is 0.294. The van der Waals surface area contributed by atoms with Crippen LogP contribution in [0.4, 0.5) is 0 Å². The zero-order valence-electron chi connectivity index (χ0n) is 13.0. The molecule has 0 aliphatic rings. The molecule has 0 saturated carbocycles. The van der Waals surface area contributed by atoms with Crippen molar-refractivity contribution in [1.29, 1.82) is 0 Å². The minimum absolute atomic E-state index is 0.0919. The summed E-state index contributed by atoms with van der Waals surface area (Å²) in [6.45, 7) is 2.87. The van der Waals surface area contributed by atoms with Crippen molar-refractivity contribution in [3.63, 3.8) is 0 Å². The van der Waals surface area contributed by atoms with Crippen LogP contribution in [-0.4, -0.2) is 39.1 Å². The SMILES string of the molecule is NCCN(CCc1ccccc1)Cc1cc(=O)n2[nH]ccc2n1. The van der Waals surface area contributed by atoms with Gasteiger partial charge in [-0.2, -0.15) is 0 Å². The van der Waals surface area contributed by atoms with Gasteiger partial charge in [0.25, 0.3) is 5.56 Å². The minimum atomic E-state index is -0.0919. The molecule has 6 nitrogen and oxygen atoms in total.